The molecule has 0 rings (SSSR count). The first kappa shape index (κ1) is 15.9. The minimum absolute atomic E-state index is 0.0160. The van der Waals surface area contributed by atoms with Crippen LogP contribution < -0.4 is 5.32 Å². The van der Waals surface area contributed by atoms with Crippen molar-refractivity contribution in [2.45, 2.75) is 45.6 Å². The zero-order valence-corrected chi connectivity index (χ0v) is 11.0. The van der Waals surface area contributed by atoms with E-state index in [2.05, 4.69) is 5.32 Å². The average Bonchev–Trinajstić information content (AvgIpc) is 2.21. The van der Waals surface area contributed by atoms with Gasteiger partial charge in [0.15, 0.2) is 0 Å². The summed E-state index contributed by atoms with van der Waals surface area (Å²) in [6, 6.07) is 0. The third kappa shape index (κ3) is 9.81. The molecule has 5 heteroatoms. The first-order valence-electron chi connectivity index (χ1n) is 6.10. The SMILES string of the molecule is CC(=O)NCCCCCC(=O)N(C)CC(C)O. The summed E-state index contributed by atoms with van der Waals surface area (Å²) >= 11 is 0. The van der Waals surface area contributed by atoms with Gasteiger partial charge in [-0.3, -0.25) is 9.59 Å². The summed E-state index contributed by atoms with van der Waals surface area (Å²) in [6.45, 7) is 4.21. The summed E-state index contributed by atoms with van der Waals surface area (Å²) in [6.07, 6.45) is 2.66. The number of amides is 2. The third-order valence-electron chi connectivity index (χ3n) is 2.41. The van der Waals surface area contributed by atoms with Gasteiger partial charge in [0.05, 0.1) is 6.10 Å². The van der Waals surface area contributed by atoms with Crippen LogP contribution in [0.25, 0.3) is 0 Å². The fourth-order valence-corrected chi connectivity index (χ4v) is 1.53. The van der Waals surface area contributed by atoms with Gasteiger partial charge in [-0.15, -0.1) is 0 Å². The number of unbranched alkanes of at least 4 members (excludes halogenated alkanes) is 2. The topological polar surface area (TPSA) is 69.6 Å². The lowest BCUT2D eigenvalue weighted by Gasteiger charge is -2.18. The van der Waals surface area contributed by atoms with Crippen LogP contribution in [-0.4, -0.2) is 48.1 Å². The summed E-state index contributed by atoms with van der Waals surface area (Å²) in [4.78, 5) is 23.7. The predicted molar refractivity (Wildman–Crippen MR) is 66.5 cm³/mol. The van der Waals surface area contributed by atoms with Crippen LogP contribution in [0.3, 0.4) is 0 Å². The van der Waals surface area contributed by atoms with E-state index in [4.69, 9.17) is 5.11 Å². The molecule has 2 N–H and O–H groups in total. The highest BCUT2D eigenvalue weighted by molar-refractivity contribution is 5.75. The second-order valence-corrected chi connectivity index (χ2v) is 4.42. The molecule has 1 unspecified atom stereocenters. The van der Waals surface area contributed by atoms with Gasteiger partial charge in [-0.25, -0.2) is 0 Å². The third-order valence-corrected chi connectivity index (χ3v) is 2.41. The average molecular weight is 244 g/mol. The largest absolute Gasteiger partial charge is 0.392 e. The molecule has 1 atom stereocenters. The normalized spacial score (nSPS) is 12.0. The van der Waals surface area contributed by atoms with Crippen LogP contribution in [0.5, 0.6) is 0 Å². The number of hydrogen-bond acceptors (Lipinski definition) is 3. The maximum absolute atomic E-state index is 11.6. The second-order valence-electron chi connectivity index (χ2n) is 4.42. The van der Waals surface area contributed by atoms with E-state index in [9.17, 15) is 9.59 Å². The van der Waals surface area contributed by atoms with Crippen LogP contribution in [0.15, 0.2) is 0 Å². The minimum Gasteiger partial charge on any atom is -0.392 e. The Kier molecular flexibility index (Phi) is 8.40. The number of rotatable bonds is 8. The molecule has 2 amide bonds. The Morgan fingerprint density at radius 3 is 2.47 bits per heavy atom. The maximum atomic E-state index is 11.6. The molecule has 0 aliphatic heterocycles. The van der Waals surface area contributed by atoms with Crippen molar-refractivity contribution in [3.8, 4) is 0 Å². The number of carbonyl (C=O) groups excluding carboxylic acids is 2. The molecule has 0 fully saturated rings. The minimum atomic E-state index is -0.483. The number of carbonyl (C=O) groups is 2. The summed E-state index contributed by atoms with van der Waals surface area (Å²) in [5.74, 6) is 0.0446. The zero-order chi connectivity index (χ0) is 13.3. The van der Waals surface area contributed by atoms with E-state index in [1.165, 1.54) is 6.92 Å². The van der Waals surface area contributed by atoms with E-state index in [0.717, 1.165) is 19.3 Å². The summed E-state index contributed by atoms with van der Waals surface area (Å²) in [5.41, 5.74) is 0. The van der Waals surface area contributed by atoms with Gasteiger partial charge < -0.3 is 15.3 Å². The molecule has 100 valence electrons. The molecule has 0 radical (unpaired) electrons. The molecule has 0 bridgehead atoms. The summed E-state index contributed by atoms with van der Waals surface area (Å²) in [7, 11) is 1.70. The van der Waals surface area contributed by atoms with Gasteiger partial charge in [-0.1, -0.05) is 6.42 Å². The molecule has 0 saturated carbocycles. The van der Waals surface area contributed by atoms with E-state index in [-0.39, 0.29) is 11.8 Å². The van der Waals surface area contributed by atoms with Gasteiger partial charge in [-0.05, 0) is 19.8 Å². The standard InChI is InChI=1S/C12H24N2O3/c1-10(15)9-14(3)12(17)7-5-4-6-8-13-11(2)16/h10,15H,4-9H2,1-3H3,(H,13,16). The molecule has 0 aliphatic carbocycles. The number of nitrogens with one attached hydrogen (secondary N) is 1. The van der Waals surface area contributed by atoms with Crippen LogP contribution in [0.2, 0.25) is 0 Å². The van der Waals surface area contributed by atoms with E-state index >= 15 is 0 Å². The highest BCUT2D eigenvalue weighted by Gasteiger charge is 2.09. The van der Waals surface area contributed by atoms with E-state index in [1.54, 1.807) is 18.9 Å². The van der Waals surface area contributed by atoms with Crippen LogP contribution in [0.4, 0.5) is 0 Å². The quantitative estimate of drug-likeness (QED) is 0.612. The molecule has 0 heterocycles. The van der Waals surface area contributed by atoms with Crippen molar-refractivity contribution in [2.24, 2.45) is 0 Å². The van der Waals surface area contributed by atoms with Gasteiger partial charge in [0.2, 0.25) is 11.8 Å². The van der Waals surface area contributed by atoms with Crippen LogP contribution in [-0.2, 0) is 9.59 Å². The lowest BCUT2D eigenvalue weighted by Crippen LogP contribution is -2.32. The molecule has 0 aromatic heterocycles. The fraction of sp³-hybridized carbons (Fsp3) is 0.833. The van der Waals surface area contributed by atoms with Gasteiger partial charge in [0, 0.05) is 33.5 Å². The number of likely N-dealkylation sites (N-methyl/N-ethyl adjacent to an activating group) is 1. The predicted octanol–water partition coefficient (Wildman–Crippen LogP) is 0.522. The molecule has 0 aliphatic rings. The van der Waals surface area contributed by atoms with Gasteiger partial charge in [-0.2, -0.15) is 0 Å². The second kappa shape index (κ2) is 8.98. The lowest BCUT2D eigenvalue weighted by atomic mass is 10.2. The molecule has 0 spiro atoms. The number of hydrogen-bond donors (Lipinski definition) is 2. The van der Waals surface area contributed by atoms with Gasteiger partial charge in [0.25, 0.3) is 0 Å². The zero-order valence-electron chi connectivity index (χ0n) is 11.0. The first-order valence-corrected chi connectivity index (χ1v) is 6.10. The van der Waals surface area contributed by atoms with Crippen molar-refractivity contribution in [1.82, 2.24) is 10.2 Å². The molecule has 17 heavy (non-hydrogen) atoms. The Labute approximate surface area is 103 Å². The highest BCUT2D eigenvalue weighted by Crippen LogP contribution is 2.02. The van der Waals surface area contributed by atoms with Crippen LogP contribution in [0.1, 0.15) is 39.5 Å². The maximum Gasteiger partial charge on any atom is 0.222 e. The number of aliphatic hydroxyl groups excluding tert-OH is 1. The number of nitrogens with zero attached hydrogens (tertiary/aromatic N) is 1. The Morgan fingerprint density at radius 2 is 1.94 bits per heavy atom. The van der Waals surface area contributed by atoms with Crippen LogP contribution in [0, 0.1) is 0 Å². The fourth-order valence-electron chi connectivity index (χ4n) is 1.53. The van der Waals surface area contributed by atoms with Gasteiger partial charge >= 0.3 is 0 Å². The van der Waals surface area contributed by atoms with Crippen LogP contribution >= 0.6 is 0 Å². The number of aliphatic hydroxyl groups is 1. The Morgan fingerprint density at radius 1 is 1.29 bits per heavy atom. The van der Waals surface area contributed by atoms with Crippen molar-refractivity contribution in [1.29, 1.82) is 0 Å². The van der Waals surface area contributed by atoms with E-state index in [1.807, 2.05) is 0 Å². The molecular formula is C12H24N2O3. The monoisotopic (exact) mass is 244 g/mol. The van der Waals surface area contributed by atoms with Crippen molar-refractivity contribution in [2.75, 3.05) is 20.1 Å². The molecular weight excluding hydrogens is 220 g/mol. The molecule has 5 nitrogen and oxygen atoms in total. The van der Waals surface area contributed by atoms with Crippen molar-refractivity contribution in [3.05, 3.63) is 0 Å². The Balaban J connectivity index is 3.47. The summed E-state index contributed by atoms with van der Waals surface area (Å²) < 4.78 is 0. The first-order chi connectivity index (χ1) is 7.93. The van der Waals surface area contributed by atoms with Crippen molar-refractivity contribution >= 4 is 11.8 Å². The lowest BCUT2D eigenvalue weighted by molar-refractivity contribution is -0.131. The smallest absolute Gasteiger partial charge is 0.222 e. The molecule has 0 saturated heterocycles. The Bertz CT molecular complexity index is 242. The molecule has 0 aromatic rings. The van der Waals surface area contributed by atoms with Gasteiger partial charge in [0.1, 0.15) is 0 Å². The van der Waals surface area contributed by atoms with Crippen molar-refractivity contribution in [3.63, 3.8) is 0 Å². The highest BCUT2D eigenvalue weighted by atomic mass is 16.3. The van der Waals surface area contributed by atoms with E-state index < -0.39 is 6.10 Å². The molecule has 0 aromatic carbocycles. The van der Waals surface area contributed by atoms with E-state index in [0.29, 0.717) is 19.5 Å². The summed E-state index contributed by atoms with van der Waals surface area (Å²) in [5, 5.41) is 11.8. The van der Waals surface area contributed by atoms with Crippen molar-refractivity contribution < 1.29 is 14.7 Å². The Hall–Kier alpha value is -1.10.